The van der Waals surface area contributed by atoms with E-state index in [2.05, 4.69) is 38.6 Å². The lowest BCUT2D eigenvalue weighted by Gasteiger charge is -2.38. The molecule has 0 bridgehead atoms. The Labute approximate surface area is 238 Å². The molecule has 1 aromatic carbocycles. The van der Waals surface area contributed by atoms with Crippen molar-refractivity contribution in [3.63, 3.8) is 0 Å². The topological polar surface area (TPSA) is 113 Å². The van der Waals surface area contributed by atoms with E-state index >= 15 is 0 Å². The van der Waals surface area contributed by atoms with Gasteiger partial charge in [0.2, 0.25) is 11.9 Å². The minimum atomic E-state index is -0.889. The number of ether oxygens (including phenoxy) is 1. The second kappa shape index (κ2) is 14.4. The number of piperidine rings is 1. The number of benzene rings is 1. The zero-order chi connectivity index (χ0) is 28.4. The number of anilines is 1. The molecule has 0 unspecified atom stereocenters. The van der Waals surface area contributed by atoms with Gasteiger partial charge in [-0.2, -0.15) is 5.26 Å². The van der Waals surface area contributed by atoms with Crippen LogP contribution in [0.15, 0.2) is 35.3 Å². The van der Waals surface area contributed by atoms with Crippen molar-refractivity contribution >= 4 is 23.6 Å². The van der Waals surface area contributed by atoms with E-state index in [1.165, 1.54) is 6.42 Å². The number of carbonyl (C=O) groups excluding carboxylic acids is 2. The van der Waals surface area contributed by atoms with E-state index in [0.717, 1.165) is 57.5 Å². The number of guanidine groups is 1. The molecule has 3 aliphatic rings. The van der Waals surface area contributed by atoms with Crippen molar-refractivity contribution in [2.75, 3.05) is 57.8 Å². The lowest BCUT2D eigenvalue weighted by atomic mass is 9.84. The summed E-state index contributed by atoms with van der Waals surface area (Å²) in [5.74, 6) is 0.529. The number of rotatable bonds is 7. The van der Waals surface area contributed by atoms with E-state index in [1.807, 2.05) is 30.1 Å². The third-order valence-electron chi connectivity index (χ3n) is 8.47. The Morgan fingerprint density at radius 1 is 1.07 bits per heavy atom. The number of hydrogen-bond donors (Lipinski definition) is 2. The van der Waals surface area contributed by atoms with E-state index in [-0.39, 0.29) is 12.5 Å². The number of para-hydroxylation sites is 1. The molecule has 3 fully saturated rings. The minimum Gasteiger partial charge on any atom is -0.450 e. The number of likely N-dealkylation sites (tertiary alicyclic amines) is 1. The molecule has 0 spiro atoms. The van der Waals surface area contributed by atoms with Crippen LogP contribution in [0.5, 0.6) is 0 Å². The lowest BCUT2D eigenvalue weighted by molar-refractivity contribution is -0.124. The summed E-state index contributed by atoms with van der Waals surface area (Å²) in [5, 5.41) is 16.0. The second-order valence-corrected chi connectivity index (χ2v) is 11.3. The number of hydrogen-bond acceptors (Lipinski definition) is 7. The van der Waals surface area contributed by atoms with Crippen LogP contribution in [-0.2, 0) is 9.53 Å². The van der Waals surface area contributed by atoms with Gasteiger partial charge >= 0.3 is 6.09 Å². The van der Waals surface area contributed by atoms with Gasteiger partial charge in [0.1, 0.15) is 11.6 Å². The number of nitriles is 1. The van der Waals surface area contributed by atoms with Crippen LogP contribution in [0.3, 0.4) is 0 Å². The molecule has 1 aromatic rings. The molecule has 40 heavy (non-hydrogen) atoms. The van der Waals surface area contributed by atoms with Gasteiger partial charge in [-0.25, -0.2) is 9.79 Å². The summed E-state index contributed by atoms with van der Waals surface area (Å²) in [4.78, 5) is 37.9. The van der Waals surface area contributed by atoms with Crippen molar-refractivity contribution in [1.29, 1.82) is 5.26 Å². The highest BCUT2D eigenvalue weighted by molar-refractivity contribution is 5.96. The smallest absolute Gasteiger partial charge is 0.413 e. The second-order valence-electron chi connectivity index (χ2n) is 11.3. The van der Waals surface area contributed by atoms with E-state index in [1.54, 1.807) is 6.92 Å². The molecule has 4 rings (SSSR count). The maximum atomic E-state index is 13.8. The van der Waals surface area contributed by atoms with Gasteiger partial charge in [0.15, 0.2) is 0 Å². The van der Waals surface area contributed by atoms with Gasteiger partial charge < -0.3 is 24.8 Å². The first-order valence-electron chi connectivity index (χ1n) is 14.9. The van der Waals surface area contributed by atoms with Crippen molar-refractivity contribution in [3.05, 3.63) is 30.3 Å². The maximum absolute atomic E-state index is 13.8. The molecule has 0 aromatic heterocycles. The Balaban J connectivity index is 1.55. The van der Waals surface area contributed by atoms with E-state index in [4.69, 9.17) is 9.73 Å². The third-order valence-corrected chi connectivity index (χ3v) is 8.47. The summed E-state index contributed by atoms with van der Waals surface area (Å²) in [7, 11) is 2.03. The summed E-state index contributed by atoms with van der Waals surface area (Å²) in [6.45, 7) is 6.33. The van der Waals surface area contributed by atoms with E-state index in [9.17, 15) is 14.9 Å². The Morgan fingerprint density at radius 2 is 1.75 bits per heavy atom. The van der Waals surface area contributed by atoms with Gasteiger partial charge in [-0.05, 0) is 51.3 Å². The molecular weight excluding hydrogens is 506 g/mol. The van der Waals surface area contributed by atoms with Crippen LogP contribution in [-0.4, -0.2) is 92.3 Å². The minimum absolute atomic E-state index is 0.234. The maximum Gasteiger partial charge on any atom is 0.413 e. The van der Waals surface area contributed by atoms with Gasteiger partial charge in [0, 0.05) is 45.0 Å². The molecule has 1 atom stereocenters. The number of nitrogens with one attached hydrogen (secondary N) is 2. The van der Waals surface area contributed by atoms with E-state index < -0.39 is 17.7 Å². The fourth-order valence-corrected chi connectivity index (χ4v) is 5.96. The Kier molecular flexibility index (Phi) is 10.6. The zero-order valence-electron chi connectivity index (χ0n) is 24.1. The highest BCUT2D eigenvalue weighted by atomic mass is 16.5. The molecule has 10 nitrogen and oxygen atoms in total. The van der Waals surface area contributed by atoms with Gasteiger partial charge in [-0.15, -0.1) is 0 Å². The summed E-state index contributed by atoms with van der Waals surface area (Å²) < 4.78 is 5.19. The van der Waals surface area contributed by atoms with Crippen molar-refractivity contribution in [3.8, 4) is 6.07 Å². The Bertz CT molecular complexity index is 1040. The largest absolute Gasteiger partial charge is 0.450 e. The first-order chi connectivity index (χ1) is 19.4. The van der Waals surface area contributed by atoms with Gasteiger partial charge in [0.05, 0.1) is 12.7 Å². The number of amides is 2. The van der Waals surface area contributed by atoms with E-state index in [0.29, 0.717) is 44.2 Å². The summed E-state index contributed by atoms with van der Waals surface area (Å²) in [6.07, 6.45) is 6.88. The van der Waals surface area contributed by atoms with Crippen LogP contribution in [0.1, 0.15) is 58.3 Å². The number of aliphatic imine (C=N–C) groups is 1. The number of alkyl carbamates (subject to hydrolysis) is 1. The molecule has 2 saturated heterocycles. The van der Waals surface area contributed by atoms with Gasteiger partial charge in [-0.3, -0.25) is 10.1 Å². The number of carbonyl (C=O) groups is 2. The Hall–Kier alpha value is -3.32. The normalized spacial score (nSPS) is 21.3. The number of nitrogens with zero attached hydrogens (tertiary/aromatic N) is 5. The predicted molar refractivity (Wildman–Crippen MR) is 156 cm³/mol. The molecule has 218 valence electrons. The van der Waals surface area contributed by atoms with Crippen LogP contribution < -0.4 is 15.5 Å². The van der Waals surface area contributed by atoms with Crippen molar-refractivity contribution in [1.82, 2.24) is 20.4 Å². The highest BCUT2D eigenvalue weighted by Crippen LogP contribution is 2.29. The molecule has 2 heterocycles. The summed E-state index contributed by atoms with van der Waals surface area (Å²) in [5.41, 5.74) is 0.272. The SMILES string of the molecule is CCOC(=O)NC(=N[C@@H](CC1CCCCC1)C(=O)NC1(C#N)CCN(C)CC1)N1CCN(c2ccccc2)CC1. The molecule has 10 heteroatoms. The molecule has 1 aliphatic carbocycles. The van der Waals surface area contributed by atoms with Crippen LogP contribution in [0.2, 0.25) is 0 Å². The fourth-order valence-electron chi connectivity index (χ4n) is 5.96. The van der Waals surface area contributed by atoms with Gasteiger partial charge in [0.25, 0.3) is 0 Å². The first-order valence-corrected chi connectivity index (χ1v) is 14.9. The third kappa shape index (κ3) is 8.10. The molecule has 0 radical (unpaired) electrons. The van der Waals surface area contributed by atoms with Crippen molar-refractivity contribution in [2.45, 2.75) is 69.9 Å². The van der Waals surface area contributed by atoms with Crippen LogP contribution in [0.4, 0.5) is 10.5 Å². The van der Waals surface area contributed by atoms with Crippen LogP contribution >= 0.6 is 0 Å². The lowest BCUT2D eigenvalue weighted by Crippen LogP contribution is -2.57. The number of piperazine rings is 1. The van der Waals surface area contributed by atoms with Crippen LogP contribution in [0.25, 0.3) is 0 Å². The van der Waals surface area contributed by atoms with Crippen molar-refractivity contribution < 1.29 is 14.3 Å². The van der Waals surface area contributed by atoms with Crippen LogP contribution in [0, 0.1) is 17.2 Å². The molecule has 2 N–H and O–H groups in total. The van der Waals surface area contributed by atoms with Crippen molar-refractivity contribution in [2.24, 2.45) is 10.9 Å². The summed E-state index contributed by atoms with van der Waals surface area (Å²) >= 11 is 0. The quantitative estimate of drug-likeness (QED) is 0.395. The monoisotopic (exact) mass is 551 g/mol. The average Bonchev–Trinajstić information content (AvgIpc) is 2.99. The highest BCUT2D eigenvalue weighted by Gasteiger charge is 2.38. The molecule has 1 saturated carbocycles. The average molecular weight is 552 g/mol. The fraction of sp³-hybridized carbons (Fsp3) is 0.667. The molecule has 2 aliphatic heterocycles. The van der Waals surface area contributed by atoms with Gasteiger partial charge in [-0.1, -0.05) is 50.3 Å². The predicted octanol–water partition coefficient (Wildman–Crippen LogP) is 3.35. The zero-order valence-corrected chi connectivity index (χ0v) is 24.1. The first kappa shape index (κ1) is 29.7. The molecular formula is C30H45N7O3. The Morgan fingerprint density at radius 3 is 2.38 bits per heavy atom. The standard InChI is InChI=1S/C30H45N7O3/c1-3-40-29(39)33-28(37-20-18-36(19-21-37)25-12-8-5-9-13-25)32-26(22-24-10-6-4-7-11-24)27(38)34-30(23-31)14-16-35(2)17-15-30/h5,8-9,12-13,24,26H,3-4,6-7,10-11,14-22H2,1-2H3,(H,34,38)(H,32,33,39)/t26-/m0/s1. The summed E-state index contributed by atoms with van der Waals surface area (Å²) in [6, 6.07) is 12.0. The molecule has 2 amide bonds.